The molecule has 3 nitrogen and oxygen atoms in total. The summed E-state index contributed by atoms with van der Waals surface area (Å²) in [7, 11) is 1.46. The van der Waals surface area contributed by atoms with Crippen LogP contribution in [0.2, 0.25) is 0 Å². The molecule has 3 rings (SSSR count). The summed E-state index contributed by atoms with van der Waals surface area (Å²) in [6, 6.07) is 13.1. The zero-order valence-electron chi connectivity index (χ0n) is 12.1. The van der Waals surface area contributed by atoms with Crippen molar-refractivity contribution < 1.29 is 27.4 Å². The maximum absolute atomic E-state index is 13.5. The molecule has 2 aromatic rings. The summed E-state index contributed by atoms with van der Waals surface area (Å²) in [5, 5.41) is 0. The van der Waals surface area contributed by atoms with E-state index < -0.39 is 23.7 Å². The minimum Gasteiger partial charge on any atom is -0.497 e. The molecule has 120 valence electrons. The lowest BCUT2D eigenvalue weighted by Gasteiger charge is -2.17. The number of halogens is 3. The number of methoxy groups -OCH3 is 1. The average molecular weight is 322 g/mol. The third-order valence-corrected chi connectivity index (χ3v) is 3.85. The molecule has 2 unspecified atom stereocenters. The van der Waals surface area contributed by atoms with E-state index in [0.29, 0.717) is 5.75 Å². The SMILES string of the molecule is COc1ccc(C(=O)C2OC2(c2ccccc2)C(F)(F)F)cc1. The summed E-state index contributed by atoms with van der Waals surface area (Å²) >= 11 is 0. The molecule has 0 aromatic heterocycles. The molecule has 6 heteroatoms. The lowest BCUT2D eigenvalue weighted by Crippen LogP contribution is -2.35. The Bertz CT molecular complexity index is 710. The van der Waals surface area contributed by atoms with Gasteiger partial charge in [-0.25, -0.2) is 0 Å². The number of carbonyl (C=O) groups excluding carboxylic acids is 1. The number of hydrogen-bond donors (Lipinski definition) is 0. The van der Waals surface area contributed by atoms with Crippen LogP contribution in [0.1, 0.15) is 15.9 Å². The quantitative estimate of drug-likeness (QED) is 0.636. The second kappa shape index (κ2) is 5.38. The van der Waals surface area contributed by atoms with E-state index in [0.717, 1.165) is 0 Å². The predicted molar refractivity (Wildman–Crippen MR) is 76.4 cm³/mol. The first-order valence-corrected chi connectivity index (χ1v) is 6.88. The maximum Gasteiger partial charge on any atom is 0.424 e. The molecule has 0 aliphatic carbocycles. The van der Waals surface area contributed by atoms with Crippen LogP contribution in [0.3, 0.4) is 0 Å². The molecule has 0 saturated carbocycles. The molecule has 0 radical (unpaired) electrons. The summed E-state index contributed by atoms with van der Waals surface area (Å²) in [6.45, 7) is 0. The van der Waals surface area contributed by atoms with Crippen molar-refractivity contribution in [1.82, 2.24) is 0 Å². The Morgan fingerprint density at radius 3 is 2.22 bits per heavy atom. The van der Waals surface area contributed by atoms with Gasteiger partial charge in [0.15, 0.2) is 11.9 Å². The molecule has 23 heavy (non-hydrogen) atoms. The van der Waals surface area contributed by atoms with Crippen molar-refractivity contribution in [2.45, 2.75) is 17.9 Å². The first-order chi connectivity index (χ1) is 10.9. The lowest BCUT2D eigenvalue weighted by molar-refractivity contribution is -0.187. The number of Topliss-reactive ketones (excluding diaryl/α,β-unsaturated/α-hetero) is 1. The van der Waals surface area contributed by atoms with Crippen molar-refractivity contribution in [2.75, 3.05) is 7.11 Å². The zero-order valence-corrected chi connectivity index (χ0v) is 12.1. The predicted octanol–water partition coefficient (Wildman–Crippen LogP) is 3.73. The fourth-order valence-corrected chi connectivity index (χ4v) is 2.58. The van der Waals surface area contributed by atoms with Crippen molar-refractivity contribution in [2.24, 2.45) is 0 Å². The van der Waals surface area contributed by atoms with Crippen molar-refractivity contribution in [3.8, 4) is 5.75 Å². The fourth-order valence-electron chi connectivity index (χ4n) is 2.58. The zero-order chi connectivity index (χ0) is 16.7. The number of hydrogen-bond acceptors (Lipinski definition) is 3. The van der Waals surface area contributed by atoms with Crippen LogP contribution in [-0.2, 0) is 10.3 Å². The Labute approximate surface area is 130 Å². The average Bonchev–Trinajstić information content (AvgIpc) is 3.32. The molecule has 1 aliphatic rings. The number of rotatable bonds is 4. The van der Waals surface area contributed by atoms with Gasteiger partial charge < -0.3 is 9.47 Å². The van der Waals surface area contributed by atoms with Gasteiger partial charge in [0.25, 0.3) is 0 Å². The van der Waals surface area contributed by atoms with Crippen LogP contribution in [-0.4, -0.2) is 25.2 Å². The van der Waals surface area contributed by atoms with Gasteiger partial charge in [-0.05, 0) is 29.8 Å². The van der Waals surface area contributed by atoms with E-state index in [-0.39, 0.29) is 11.1 Å². The van der Waals surface area contributed by atoms with Crippen molar-refractivity contribution in [3.63, 3.8) is 0 Å². The molecule has 0 spiro atoms. The Kier molecular flexibility index (Phi) is 3.64. The summed E-state index contributed by atoms with van der Waals surface area (Å²) in [5.41, 5.74) is -2.48. The van der Waals surface area contributed by atoms with Crippen molar-refractivity contribution in [1.29, 1.82) is 0 Å². The maximum atomic E-state index is 13.5. The molecular formula is C17H13F3O3. The summed E-state index contributed by atoms with van der Waals surface area (Å²) < 4.78 is 50.5. The van der Waals surface area contributed by atoms with Crippen LogP contribution >= 0.6 is 0 Å². The van der Waals surface area contributed by atoms with Gasteiger partial charge in [0, 0.05) is 5.56 Å². The Balaban J connectivity index is 1.93. The number of benzene rings is 2. The van der Waals surface area contributed by atoms with Crippen LogP contribution < -0.4 is 4.74 Å². The molecule has 0 amide bonds. The summed E-state index contributed by atoms with van der Waals surface area (Å²) in [4.78, 5) is 12.4. The molecule has 1 fully saturated rings. The van der Waals surface area contributed by atoms with Crippen molar-refractivity contribution >= 4 is 5.78 Å². The summed E-state index contributed by atoms with van der Waals surface area (Å²) in [6.07, 6.45) is -6.25. The monoisotopic (exact) mass is 322 g/mol. The molecule has 2 atom stereocenters. The van der Waals surface area contributed by atoms with E-state index in [1.54, 1.807) is 6.07 Å². The van der Waals surface area contributed by atoms with E-state index in [2.05, 4.69) is 0 Å². The largest absolute Gasteiger partial charge is 0.497 e. The highest BCUT2D eigenvalue weighted by Crippen LogP contribution is 2.58. The standard InChI is InChI=1S/C17H13F3O3/c1-22-13-9-7-11(8-10-13)14(21)15-16(23-15,17(18,19)20)12-5-3-2-4-6-12/h2-10,15H,1H3. The molecule has 1 aliphatic heterocycles. The second-order valence-electron chi connectivity index (χ2n) is 5.19. The van der Waals surface area contributed by atoms with E-state index >= 15 is 0 Å². The molecular weight excluding hydrogens is 309 g/mol. The first kappa shape index (κ1) is 15.6. The van der Waals surface area contributed by atoms with E-state index in [1.807, 2.05) is 0 Å². The lowest BCUT2D eigenvalue weighted by atomic mass is 9.91. The molecule has 1 saturated heterocycles. The number of ketones is 1. The van der Waals surface area contributed by atoms with E-state index in [1.165, 1.54) is 55.6 Å². The Hall–Kier alpha value is -2.34. The normalized spacial score (nSPS) is 23.4. The summed E-state index contributed by atoms with van der Waals surface area (Å²) in [5.74, 6) is -0.183. The number of ether oxygens (including phenoxy) is 2. The Morgan fingerprint density at radius 1 is 1.09 bits per heavy atom. The highest BCUT2D eigenvalue weighted by molar-refractivity contribution is 6.02. The fraction of sp³-hybridized carbons (Fsp3) is 0.235. The Morgan fingerprint density at radius 2 is 1.70 bits per heavy atom. The highest BCUT2D eigenvalue weighted by atomic mass is 19.4. The van der Waals surface area contributed by atoms with Gasteiger partial charge >= 0.3 is 6.18 Å². The van der Waals surface area contributed by atoms with E-state index in [4.69, 9.17) is 9.47 Å². The number of epoxide rings is 1. The van der Waals surface area contributed by atoms with Gasteiger partial charge in [-0.1, -0.05) is 30.3 Å². The molecule has 1 heterocycles. The van der Waals surface area contributed by atoms with Crippen LogP contribution in [0.4, 0.5) is 13.2 Å². The van der Waals surface area contributed by atoms with Crippen LogP contribution in [0, 0.1) is 0 Å². The van der Waals surface area contributed by atoms with Gasteiger partial charge in [0.05, 0.1) is 7.11 Å². The van der Waals surface area contributed by atoms with Gasteiger partial charge in [0.2, 0.25) is 5.60 Å². The third-order valence-electron chi connectivity index (χ3n) is 3.85. The van der Waals surface area contributed by atoms with Gasteiger partial charge in [-0.15, -0.1) is 0 Å². The second-order valence-corrected chi connectivity index (χ2v) is 5.19. The van der Waals surface area contributed by atoms with Gasteiger partial charge in [-0.3, -0.25) is 4.79 Å². The van der Waals surface area contributed by atoms with E-state index in [9.17, 15) is 18.0 Å². The molecule has 2 aromatic carbocycles. The molecule has 0 N–H and O–H groups in total. The minimum atomic E-state index is -4.68. The number of carbonyl (C=O) groups is 1. The number of alkyl halides is 3. The van der Waals surface area contributed by atoms with Crippen molar-refractivity contribution in [3.05, 3.63) is 65.7 Å². The van der Waals surface area contributed by atoms with Gasteiger partial charge in [-0.2, -0.15) is 13.2 Å². The topological polar surface area (TPSA) is 38.8 Å². The highest BCUT2D eigenvalue weighted by Gasteiger charge is 2.76. The third kappa shape index (κ3) is 2.49. The van der Waals surface area contributed by atoms with Crippen LogP contribution in [0.25, 0.3) is 0 Å². The smallest absolute Gasteiger partial charge is 0.424 e. The van der Waals surface area contributed by atoms with Crippen LogP contribution in [0.15, 0.2) is 54.6 Å². The minimum absolute atomic E-state index is 0.0700. The van der Waals surface area contributed by atoms with Crippen LogP contribution in [0.5, 0.6) is 5.75 Å². The van der Waals surface area contributed by atoms with Gasteiger partial charge in [0.1, 0.15) is 5.75 Å². The molecule has 0 bridgehead atoms. The first-order valence-electron chi connectivity index (χ1n) is 6.88.